The van der Waals surface area contributed by atoms with Crippen molar-refractivity contribution in [3.8, 4) is 0 Å². The summed E-state index contributed by atoms with van der Waals surface area (Å²) in [5, 5.41) is 0.574. The van der Waals surface area contributed by atoms with Crippen molar-refractivity contribution >= 4 is 50.9 Å². The number of fused-ring (bicyclic) bond motifs is 1. The molecule has 2 heterocycles. The van der Waals surface area contributed by atoms with E-state index in [1.807, 2.05) is 42.5 Å². The number of carbonyl (C=O) groups excluding carboxylic acids is 1. The summed E-state index contributed by atoms with van der Waals surface area (Å²) < 4.78 is 8.36. The van der Waals surface area contributed by atoms with Crippen LogP contribution in [-0.4, -0.2) is 17.1 Å². The molecule has 2 aromatic carbocycles. The largest absolute Gasteiger partial charge is 0.463 e. The smallest absolute Gasteiger partial charge is 0.338 e. The maximum Gasteiger partial charge on any atom is 0.338 e. The number of esters is 1. The van der Waals surface area contributed by atoms with Crippen LogP contribution in [0.1, 0.15) is 31.0 Å². The van der Waals surface area contributed by atoms with Crippen LogP contribution in [0, 0.1) is 0 Å². The number of hydrogen-bond acceptors (Lipinski definition) is 5. The van der Waals surface area contributed by atoms with Gasteiger partial charge < -0.3 is 4.74 Å². The van der Waals surface area contributed by atoms with Crippen LogP contribution >= 0.6 is 38.9 Å². The second-order valence-corrected chi connectivity index (χ2v) is 9.27. The van der Waals surface area contributed by atoms with Gasteiger partial charge in [-0.1, -0.05) is 63.1 Å². The summed E-state index contributed by atoms with van der Waals surface area (Å²) in [6.45, 7) is 3.75. The zero-order chi connectivity index (χ0) is 22.1. The molecule has 0 amide bonds. The highest BCUT2D eigenvalue weighted by Crippen LogP contribution is 2.31. The van der Waals surface area contributed by atoms with Gasteiger partial charge in [-0.05, 0) is 55.3 Å². The molecule has 158 valence electrons. The maximum atomic E-state index is 13.4. The first-order valence-corrected chi connectivity index (χ1v) is 11.6. The fourth-order valence-electron chi connectivity index (χ4n) is 3.46. The monoisotopic (exact) mass is 516 g/mol. The number of nitrogens with zero attached hydrogens (tertiary/aromatic N) is 2. The van der Waals surface area contributed by atoms with Gasteiger partial charge in [0.25, 0.3) is 5.56 Å². The number of allylic oxidation sites excluding steroid dienone is 1. The van der Waals surface area contributed by atoms with Crippen LogP contribution in [0.25, 0.3) is 6.08 Å². The van der Waals surface area contributed by atoms with Crippen molar-refractivity contribution in [1.82, 2.24) is 4.57 Å². The molecule has 3 aromatic rings. The van der Waals surface area contributed by atoms with Gasteiger partial charge in [-0.2, -0.15) is 0 Å². The number of carbonyl (C=O) groups is 1. The molecule has 1 aliphatic heterocycles. The first-order chi connectivity index (χ1) is 14.9. The lowest BCUT2D eigenvalue weighted by atomic mass is 9.96. The van der Waals surface area contributed by atoms with E-state index in [1.165, 1.54) is 11.3 Å². The van der Waals surface area contributed by atoms with Gasteiger partial charge in [0.1, 0.15) is 0 Å². The third kappa shape index (κ3) is 4.31. The van der Waals surface area contributed by atoms with E-state index >= 15 is 0 Å². The van der Waals surface area contributed by atoms with E-state index in [-0.39, 0.29) is 12.2 Å². The van der Waals surface area contributed by atoms with E-state index < -0.39 is 12.0 Å². The second kappa shape index (κ2) is 8.94. The minimum Gasteiger partial charge on any atom is -0.463 e. The van der Waals surface area contributed by atoms with E-state index in [9.17, 15) is 9.59 Å². The molecule has 0 saturated carbocycles. The highest BCUT2D eigenvalue weighted by molar-refractivity contribution is 9.10. The highest BCUT2D eigenvalue weighted by atomic mass is 79.9. The topological polar surface area (TPSA) is 60.7 Å². The number of benzene rings is 2. The third-order valence-electron chi connectivity index (χ3n) is 4.87. The van der Waals surface area contributed by atoms with Crippen molar-refractivity contribution in [3.63, 3.8) is 0 Å². The average molecular weight is 518 g/mol. The van der Waals surface area contributed by atoms with E-state index in [1.54, 1.807) is 30.5 Å². The first-order valence-electron chi connectivity index (χ1n) is 9.59. The minimum absolute atomic E-state index is 0.207. The quantitative estimate of drug-likeness (QED) is 0.487. The summed E-state index contributed by atoms with van der Waals surface area (Å²) in [7, 11) is 0. The summed E-state index contributed by atoms with van der Waals surface area (Å²) in [5.74, 6) is -0.481. The molecular formula is C23H18BrClN2O3S. The molecular weight excluding hydrogens is 500 g/mol. The lowest BCUT2D eigenvalue weighted by Crippen LogP contribution is -2.39. The molecule has 1 atom stereocenters. The Labute approximate surface area is 196 Å². The molecule has 1 aromatic heterocycles. The molecule has 0 N–H and O–H groups in total. The van der Waals surface area contributed by atoms with Crippen LogP contribution in [0.2, 0.25) is 5.02 Å². The molecule has 5 nitrogen and oxygen atoms in total. The Morgan fingerprint density at radius 2 is 1.90 bits per heavy atom. The highest BCUT2D eigenvalue weighted by Gasteiger charge is 2.33. The standard InChI is InChI=1S/C23H18BrClN2O3S/c1-3-30-22(29)19-13(2)26-23-27(20(19)15-6-10-17(25)11-7-15)21(28)18(31-23)12-14-4-8-16(24)9-5-14/h4-12,20H,3H2,1-2H3/t20-/m0/s1. The van der Waals surface area contributed by atoms with Crippen molar-refractivity contribution in [3.05, 3.63) is 100 Å². The molecule has 8 heteroatoms. The van der Waals surface area contributed by atoms with Gasteiger partial charge in [0.05, 0.1) is 28.5 Å². The Balaban J connectivity index is 1.94. The zero-order valence-electron chi connectivity index (χ0n) is 16.8. The second-order valence-electron chi connectivity index (χ2n) is 6.91. The van der Waals surface area contributed by atoms with Crippen LogP contribution in [0.4, 0.5) is 0 Å². The number of halogens is 2. The third-order valence-corrected chi connectivity index (χ3v) is 6.63. The Kier molecular flexibility index (Phi) is 6.27. The molecule has 0 spiro atoms. The summed E-state index contributed by atoms with van der Waals surface area (Å²) in [6.07, 6.45) is 1.83. The molecule has 0 radical (unpaired) electrons. The van der Waals surface area contributed by atoms with Gasteiger partial charge in [0.2, 0.25) is 0 Å². The fourth-order valence-corrected chi connectivity index (χ4v) is 4.90. The summed E-state index contributed by atoms with van der Waals surface area (Å²) in [5.41, 5.74) is 2.35. The number of rotatable bonds is 4. The van der Waals surface area contributed by atoms with Crippen LogP contribution in [0.15, 0.2) is 74.1 Å². The molecule has 0 aliphatic carbocycles. The Bertz CT molecular complexity index is 1360. The van der Waals surface area contributed by atoms with Crippen LogP contribution < -0.4 is 14.9 Å². The van der Waals surface area contributed by atoms with Crippen molar-refractivity contribution in [2.45, 2.75) is 19.9 Å². The maximum absolute atomic E-state index is 13.4. The molecule has 0 bridgehead atoms. The van der Waals surface area contributed by atoms with Crippen molar-refractivity contribution in [2.75, 3.05) is 6.61 Å². The van der Waals surface area contributed by atoms with Gasteiger partial charge >= 0.3 is 5.97 Å². The van der Waals surface area contributed by atoms with Crippen molar-refractivity contribution in [2.24, 2.45) is 4.99 Å². The first kappa shape index (κ1) is 21.7. The summed E-state index contributed by atoms with van der Waals surface area (Å²) >= 11 is 10.8. The van der Waals surface area contributed by atoms with Crippen molar-refractivity contribution < 1.29 is 9.53 Å². The van der Waals surface area contributed by atoms with Gasteiger partial charge in [0.15, 0.2) is 4.80 Å². The molecule has 4 rings (SSSR count). The van der Waals surface area contributed by atoms with E-state index in [4.69, 9.17) is 16.3 Å². The minimum atomic E-state index is -0.639. The Hall–Kier alpha value is -2.48. The van der Waals surface area contributed by atoms with Gasteiger partial charge in [0, 0.05) is 9.50 Å². The number of ether oxygens (including phenoxy) is 1. The normalized spacial score (nSPS) is 16.1. The number of aromatic nitrogens is 1. The summed E-state index contributed by atoms with van der Waals surface area (Å²) in [6, 6.07) is 14.2. The van der Waals surface area contributed by atoms with Crippen LogP contribution in [0.3, 0.4) is 0 Å². The zero-order valence-corrected chi connectivity index (χ0v) is 19.9. The number of thiazole rings is 1. The molecule has 0 fully saturated rings. The van der Waals surface area contributed by atoms with Crippen molar-refractivity contribution in [1.29, 1.82) is 0 Å². The predicted octanol–water partition coefficient (Wildman–Crippen LogP) is 4.21. The fraction of sp³-hybridized carbons (Fsp3) is 0.174. The molecule has 1 aliphatic rings. The number of hydrogen-bond donors (Lipinski definition) is 0. The Morgan fingerprint density at radius 1 is 1.23 bits per heavy atom. The Morgan fingerprint density at radius 3 is 2.55 bits per heavy atom. The molecule has 0 unspecified atom stereocenters. The van der Waals surface area contributed by atoms with E-state index in [2.05, 4.69) is 20.9 Å². The van der Waals surface area contributed by atoms with Crippen LogP contribution in [-0.2, 0) is 9.53 Å². The molecule has 0 saturated heterocycles. The van der Waals surface area contributed by atoms with Gasteiger partial charge in [-0.15, -0.1) is 0 Å². The SMILES string of the molecule is CCOC(=O)C1=C(C)N=c2sc(=Cc3ccc(Br)cc3)c(=O)n2[C@H]1c1ccc(Cl)cc1. The lowest BCUT2D eigenvalue weighted by Gasteiger charge is -2.24. The summed E-state index contributed by atoms with van der Waals surface area (Å²) in [4.78, 5) is 31.4. The van der Waals surface area contributed by atoms with E-state index in [0.717, 1.165) is 15.6 Å². The lowest BCUT2D eigenvalue weighted by molar-refractivity contribution is -0.139. The predicted molar refractivity (Wildman–Crippen MR) is 126 cm³/mol. The van der Waals surface area contributed by atoms with E-state index in [0.29, 0.717) is 25.6 Å². The van der Waals surface area contributed by atoms with Gasteiger partial charge in [-0.25, -0.2) is 9.79 Å². The van der Waals surface area contributed by atoms with Gasteiger partial charge in [-0.3, -0.25) is 9.36 Å². The van der Waals surface area contributed by atoms with Crippen LogP contribution in [0.5, 0.6) is 0 Å². The molecule has 31 heavy (non-hydrogen) atoms. The average Bonchev–Trinajstić information content (AvgIpc) is 3.04.